The molecular formula is C12H9NO3. The maximum atomic E-state index is 11.2. The van der Waals surface area contributed by atoms with E-state index in [2.05, 4.69) is 0 Å². The molecule has 0 radical (unpaired) electrons. The van der Waals surface area contributed by atoms with Crippen molar-refractivity contribution >= 4 is 22.0 Å². The summed E-state index contributed by atoms with van der Waals surface area (Å²) < 4.78 is 6.95. The van der Waals surface area contributed by atoms with Gasteiger partial charge in [0.1, 0.15) is 11.3 Å². The normalized spacial score (nSPS) is 11.3. The molecule has 0 saturated heterocycles. The molecule has 0 aliphatic carbocycles. The van der Waals surface area contributed by atoms with Gasteiger partial charge >= 0.3 is 5.63 Å². The minimum absolute atomic E-state index is 0.0510. The molecule has 0 saturated carbocycles. The first-order valence-electron chi connectivity index (χ1n) is 4.89. The zero-order chi connectivity index (χ0) is 11.3. The Hall–Kier alpha value is -2.23. The number of aromatic nitrogens is 1. The van der Waals surface area contributed by atoms with Gasteiger partial charge in [-0.3, -0.25) is 0 Å². The fourth-order valence-electron chi connectivity index (χ4n) is 2.06. The number of fused-ring (bicyclic) bond motifs is 3. The van der Waals surface area contributed by atoms with Crippen LogP contribution in [0.3, 0.4) is 0 Å². The second-order valence-corrected chi connectivity index (χ2v) is 3.70. The van der Waals surface area contributed by atoms with Crippen LogP contribution in [0.4, 0.5) is 0 Å². The van der Waals surface area contributed by atoms with E-state index in [1.54, 1.807) is 0 Å². The number of rotatable bonds is 0. The first kappa shape index (κ1) is 9.03. The highest BCUT2D eigenvalue weighted by molar-refractivity contribution is 6.06. The first-order valence-corrected chi connectivity index (χ1v) is 4.89. The molecule has 0 aliphatic rings. The van der Waals surface area contributed by atoms with Crippen LogP contribution < -0.4 is 5.63 Å². The molecule has 0 unspecified atom stereocenters. The van der Waals surface area contributed by atoms with Gasteiger partial charge in [0, 0.05) is 12.4 Å². The number of hydrogen-bond acceptors (Lipinski definition) is 3. The summed E-state index contributed by atoms with van der Waals surface area (Å²) in [5.41, 5.74) is 1.35. The standard InChI is InChI=1S/C12H9NO3/c1-13-8-5-3-2-4-7(8)12-11(13)9(14)6-10(15)16-12/h2-6,14H,1H3. The maximum absolute atomic E-state index is 11.2. The third-order valence-electron chi connectivity index (χ3n) is 2.76. The highest BCUT2D eigenvalue weighted by atomic mass is 16.4. The van der Waals surface area contributed by atoms with Gasteiger partial charge in [0.25, 0.3) is 0 Å². The smallest absolute Gasteiger partial charge is 0.340 e. The zero-order valence-corrected chi connectivity index (χ0v) is 8.60. The van der Waals surface area contributed by atoms with Crippen LogP contribution in [0.2, 0.25) is 0 Å². The van der Waals surface area contributed by atoms with Gasteiger partial charge in [-0.05, 0) is 12.1 Å². The monoisotopic (exact) mass is 215 g/mol. The van der Waals surface area contributed by atoms with Crippen molar-refractivity contribution in [1.82, 2.24) is 4.57 Å². The number of nitrogens with zero attached hydrogens (tertiary/aromatic N) is 1. The van der Waals surface area contributed by atoms with Crippen molar-refractivity contribution in [2.45, 2.75) is 0 Å². The van der Waals surface area contributed by atoms with E-state index in [0.717, 1.165) is 17.0 Å². The predicted octanol–water partition coefficient (Wildman–Crippen LogP) is 1.99. The lowest BCUT2D eigenvalue weighted by Crippen LogP contribution is -1.96. The highest BCUT2D eigenvalue weighted by Crippen LogP contribution is 2.31. The van der Waals surface area contributed by atoms with Crippen molar-refractivity contribution in [1.29, 1.82) is 0 Å². The maximum Gasteiger partial charge on any atom is 0.340 e. The van der Waals surface area contributed by atoms with Crippen molar-refractivity contribution in [2.75, 3.05) is 0 Å². The molecule has 0 bridgehead atoms. The first-order chi connectivity index (χ1) is 7.68. The van der Waals surface area contributed by atoms with Crippen LogP contribution in [-0.2, 0) is 7.05 Å². The minimum Gasteiger partial charge on any atom is -0.505 e. The van der Waals surface area contributed by atoms with Gasteiger partial charge in [0.2, 0.25) is 0 Å². The number of hydrogen-bond donors (Lipinski definition) is 1. The lowest BCUT2D eigenvalue weighted by atomic mass is 10.2. The summed E-state index contributed by atoms with van der Waals surface area (Å²) in [6.07, 6.45) is 0. The molecule has 4 heteroatoms. The average molecular weight is 215 g/mol. The van der Waals surface area contributed by atoms with Crippen LogP contribution >= 0.6 is 0 Å². The second kappa shape index (κ2) is 2.88. The molecule has 0 spiro atoms. The summed E-state index contributed by atoms with van der Waals surface area (Å²) in [5, 5.41) is 10.6. The Kier molecular flexibility index (Phi) is 1.63. The molecule has 4 nitrogen and oxygen atoms in total. The van der Waals surface area contributed by atoms with E-state index < -0.39 is 5.63 Å². The quantitative estimate of drug-likeness (QED) is 0.624. The molecule has 1 aromatic carbocycles. The van der Waals surface area contributed by atoms with Crippen molar-refractivity contribution < 1.29 is 9.52 Å². The fraction of sp³-hybridized carbons (Fsp3) is 0.0833. The molecule has 0 aliphatic heterocycles. The van der Waals surface area contributed by atoms with Gasteiger partial charge < -0.3 is 14.1 Å². The van der Waals surface area contributed by atoms with E-state index in [-0.39, 0.29) is 5.75 Å². The van der Waals surface area contributed by atoms with Gasteiger partial charge in [0.05, 0.1) is 11.6 Å². The Morgan fingerprint density at radius 2 is 2.06 bits per heavy atom. The van der Waals surface area contributed by atoms with Crippen LogP contribution in [0.1, 0.15) is 0 Å². The molecule has 0 atom stereocenters. The molecule has 3 aromatic rings. The van der Waals surface area contributed by atoms with Gasteiger partial charge in [-0.1, -0.05) is 12.1 Å². The number of para-hydroxylation sites is 1. The molecule has 2 aromatic heterocycles. The molecule has 80 valence electrons. The van der Waals surface area contributed by atoms with E-state index in [9.17, 15) is 9.90 Å². The molecule has 0 amide bonds. The van der Waals surface area contributed by atoms with Gasteiger partial charge in [-0.25, -0.2) is 4.79 Å². The summed E-state index contributed by atoms with van der Waals surface area (Å²) in [5.74, 6) is -0.0510. The molecule has 2 heterocycles. The minimum atomic E-state index is -0.540. The topological polar surface area (TPSA) is 55.4 Å². The average Bonchev–Trinajstić information content (AvgIpc) is 2.54. The van der Waals surface area contributed by atoms with E-state index in [0.29, 0.717) is 11.1 Å². The van der Waals surface area contributed by atoms with Gasteiger partial charge in [-0.15, -0.1) is 0 Å². The van der Waals surface area contributed by atoms with Crippen molar-refractivity contribution in [3.05, 3.63) is 40.8 Å². The van der Waals surface area contributed by atoms with Crippen LogP contribution in [-0.4, -0.2) is 9.67 Å². The number of aryl methyl sites for hydroxylation is 1. The van der Waals surface area contributed by atoms with Crippen LogP contribution in [0.15, 0.2) is 39.5 Å². The predicted molar refractivity (Wildman–Crippen MR) is 60.6 cm³/mol. The third kappa shape index (κ3) is 1.01. The summed E-state index contributed by atoms with van der Waals surface area (Å²) in [4.78, 5) is 11.2. The van der Waals surface area contributed by atoms with E-state index in [1.165, 1.54) is 0 Å². The number of benzene rings is 1. The Morgan fingerprint density at radius 3 is 2.88 bits per heavy atom. The fourth-order valence-corrected chi connectivity index (χ4v) is 2.06. The Morgan fingerprint density at radius 1 is 1.31 bits per heavy atom. The van der Waals surface area contributed by atoms with E-state index in [4.69, 9.17) is 4.42 Å². The van der Waals surface area contributed by atoms with E-state index in [1.807, 2.05) is 35.9 Å². The molecular weight excluding hydrogens is 206 g/mol. The zero-order valence-electron chi connectivity index (χ0n) is 8.60. The second-order valence-electron chi connectivity index (χ2n) is 3.70. The third-order valence-corrected chi connectivity index (χ3v) is 2.76. The summed E-state index contributed by atoms with van der Waals surface area (Å²) in [6.45, 7) is 0. The Balaban J connectivity index is 2.72. The van der Waals surface area contributed by atoms with Crippen molar-refractivity contribution in [3.63, 3.8) is 0 Å². The van der Waals surface area contributed by atoms with Crippen molar-refractivity contribution in [2.24, 2.45) is 7.05 Å². The SMILES string of the molecule is Cn1c2ccccc2c2oc(=O)cc(O)c21. The Bertz CT molecular complexity index is 752. The highest BCUT2D eigenvalue weighted by Gasteiger charge is 2.14. The summed E-state index contributed by atoms with van der Waals surface area (Å²) >= 11 is 0. The lowest BCUT2D eigenvalue weighted by molar-refractivity contribution is 0.465. The van der Waals surface area contributed by atoms with E-state index >= 15 is 0 Å². The number of aromatic hydroxyl groups is 1. The summed E-state index contributed by atoms with van der Waals surface area (Å²) in [6, 6.07) is 8.62. The van der Waals surface area contributed by atoms with Gasteiger partial charge in [0.15, 0.2) is 5.58 Å². The van der Waals surface area contributed by atoms with Crippen LogP contribution in [0, 0.1) is 0 Å². The molecule has 1 N–H and O–H groups in total. The molecule has 3 rings (SSSR count). The van der Waals surface area contributed by atoms with Gasteiger partial charge in [-0.2, -0.15) is 0 Å². The van der Waals surface area contributed by atoms with Crippen LogP contribution in [0.5, 0.6) is 5.75 Å². The summed E-state index contributed by atoms with van der Waals surface area (Å²) in [7, 11) is 1.82. The Labute approximate surface area is 90.3 Å². The van der Waals surface area contributed by atoms with Crippen molar-refractivity contribution in [3.8, 4) is 5.75 Å². The lowest BCUT2D eigenvalue weighted by Gasteiger charge is -1.98. The van der Waals surface area contributed by atoms with Crippen LogP contribution in [0.25, 0.3) is 22.0 Å². The largest absolute Gasteiger partial charge is 0.505 e. The molecule has 0 fully saturated rings. The molecule has 16 heavy (non-hydrogen) atoms.